The number of rotatable bonds is 6. The van der Waals surface area contributed by atoms with Crippen molar-refractivity contribution in [2.45, 2.75) is 32.9 Å². The summed E-state index contributed by atoms with van der Waals surface area (Å²) < 4.78 is 1.64. The number of hydrogen-bond acceptors (Lipinski definition) is 3. The summed E-state index contributed by atoms with van der Waals surface area (Å²) in [5, 5.41) is 18.0. The van der Waals surface area contributed by atoms with Crippen LogP contribution >= 0.6 is 0 Å². The van der Waals surface area contributed by atoms with Crippen LogP contribution in [0.3, 0.4) is 0 Å². The molecule has 0 aliphatic carbocycles. The number of carboxylic acids is 1. The van der Waals surface area contributed by atoms with Gasteiger partial charge in [0.25, 0.3) is 0 Å². The summed E-state index contributed by atoms with van der Waals surface area (Å²) in [6.07, 6.45) is 2.03. The molecule has 19 heavy (non-hydrogen) atoms. The molecule has 0 radical (unpaired) electrons. The molecule has 106 valence electrons. The van der Waals surface area contributed by atoms with Gasteiger partial charge in [0.05, 0.1) is 12.2 Å². The van der Waals surface area contributed by atoms with E-state index in [1.807, 2.05) is 13.8 Å². The molecule has 0 aliphatic heterocycles. The zero-order chi connectivity index (χ0) is 14.4. The van der Waals surface area contributed by atoms with Gasteiger partial charge in [0.2, 0.25) is 0 Å². The van der Waals surface area contributed by atoms with E-state index >= 15 is 0 Å². The maximum absolute atomic E-state index is 11.6. The fourth-order valence-corrected chi connectivity index (χ4v) is 1.65. The Hall–Kier alpha value is -2.05. The maximum Gasteiger partial charge on any atom is 0.326 e. The van der Waals surface area contributed by atoms with Crippen LogP contribution < -0.4 is 10.6 Å². The Morgan fingerprint density at radius 1 is 1.47 bits per heavy atom. The Kier molecular flexibility index (Phi) is 5.35. The van der Waals surface area contributed by atoms with Crippen molar-refractivity contribution in [2.75, 3.05) is 0 Å². The van der Waals surface area contributed by atoms with Crippen molar-refractivity contribution in [3.8, 4) is 0 Å². The van der Waals surface area contributed by atoms with Crippen LogP contribution in [-0.2, 0) is 18.4 Å². The quantitative estimate of drug-likeness (QED) is 0.708. The van der Waals surface area contributed by atoms with E-state index in [9.17, 15) is 9.59 Å². The first-order chi connectivity index (χ1) is 8.90. The monoisotopic (exact) mass is 268 g/mol. The molecule has 2 amide bonds. The molecule has 1 rings (SSSR count). The topological polar surface area (TPSA) is 96.3 Å². The number of aromatic nitrogens is 2. The molecular weight excluding hydrogens is 248 g/mol. The molecule has 0 aromatic carbocycles. The van der Waals surface area contributed by atoms with Crippen molar-refractivity contribution in [3.63, 3.8) is 0 Å². The Balaban J connectivity index is 2.45. The van der Waals surface area contributed by atoms with E-state index in [0.29, 0.717) is 13.0 Å². The molecule has 0 saturated heterocycles. The minimum absolute atomic E-state index is 0.193. The molecule has 0 fully saturated rings. The van der Waals surface area contributed by atoms with E-state index in [1.54, 1.807) is 24.0 Å². The van der Waals surface area contributed by atoms with Crippen LogP contribution in [0, 0.1) is 5.92 Å². The number of carbonyl (C=O) groups is 2. The molecule has 7 heteroatoms. The number of carboxylic acid groups (broad SMARTS) is 1. The van der Waals surface area contributed by atoms with Gasteiger partial charge in [0.15, 0.2) is 0 Å². The first kappa shape index (κ1) is 15.0. The highest BCUT2D eigenvalue weighted by molar-refractivity contribution is 5.82. The Labute approximate surface area is 112 Å². The predicted molar refractivity (Wildman–Crippen MR) is 69.5 cm³/mol. The minimum Gasteiger partial charge on any atom is -0.480 e. The second kappa shape index (κ2) is 6.77. The zero-order valence-corrected chi connectivity index (χ0v) is 11.4. The van der Waals surface area contributed by atoms with E-state index < -0.39 is 18.0 Å². The molecule has 0 bridgehead atoms. The number of urea groups is 1. The molecule has 1 atom stereocenters. The largest absolute Gasteiger partial charge is 0.480 e. The van der Waals surface area contributed by atoms with Crippen molar-refractivity contribution in [1.29, 1.82) is 0 Å². The highest BCUT2D eigenvalue weighted by Crippen LogP contribution is 2.04. The number of nitrogens with zero attached hydrogens (tertiary/aromatic N) is 2. The lowest BCUT2D eigenvalue weighted by Crippen LogP contribution is -2.46. The summed E-state index contributed by atoms with van der Waals surface area (Å²) in [6.45, 7) is 4.12. The number of aliphatic carboxylic acids is 1. The second-order valence-electron chi connectivity index (χ2n) is 4.79. The average molecular weight is 268 g/mol. The minimum atomic E-state index is -1.02. The molecular formula is C12H20N4O3. The SMILES string of the molecule is CC(C)CC(NC(=O)NCc1ccnn1C)C(=O)O. The number of amides is 2. The highest BCUT2D eigenvalue weighted by atomic mass is 16.4. The van der Waals surface area contributed by atoms with Gasteiger partial charge in [-0.3, -0.25) is 4.68 Å². The van der Waals surface area contributed by atoms with Gasteiger partial charge in [-0.25, -0.2) is 9.59 Å². The van der Waals surface area contributed by atoms with Gasteiger partial charge in [-0.2, -0.15) is 5.10 Å². The molecule has 1 aromatic rings. The maximum atomic E-state index is 11.6. The molecule has 1 unspecified atom stereocenters. The summed E-state index contributed by atoms with van der Waals surface area (Å²) in [6, 6.07) is 0.420. The average Bonchev–Trinajstić information content (AvgIpc) is 2.70. The van der Waals surface area contributed by atoms with Gasteiger partial charge < -0.3 is 15.7 Å². The molecule has 0 saturated carbocycles. The first-order valence-electron chi connectivity index (χ1n) is 6.14. The molecule has 0 spiro atoms. The normalized spacial score (nSPS) is 12.2. The van der Waals surface area contributed by atoms with Crippen LogP contribution in [0.1, 0.15) is 26.0 Å². The predicted octanol–water partition coefficient (Wildman–Crippen LogP) is 0.719. The van der Waals surface area contributed by atoms with Gasteiger partial charge in [-0.1, -0.05) is 13.8 Å². The fraction of sp³-hybridized carbons (Fsp3) is 0.583. The molecule has 0 aliphatic rings. The Bertz CT molecular complexity index is 442. The number of carbonyl (C=O) groups excluding carboxylic acids is 1. The van der Waals surface area contributed by atoms with E-state index in [4.69, 9.17) is 5.11 Å². The standard InChI is InChI=1S/C12H20N4O3/c1-8(2)6-10(11(17)18)15-12(19)13-7-9-4-5-14-16(9)3/h4-5,8,10H,6-7H2,1-3H3,(H,17,18)(H2,13,15,19). The third kappa shape index (κ3) is 4.99. The van der Waals surface area contributed by atoms with E-state index in [0.717, 1.165) is 5.69 Å². The summed E-state index contributed by atoms with van der Waals surface area (Å²) in [5.74, 6) is -0.831. The Morgan fingerprint density at radius 2 is 2.16 bits per heavy atom. The number of hydrogen-bond donors (Lipinski definition) is 3. The van der Waals surface area contributed by atoms with E-state index in [1.165, 1.54) is 0 Å². The number of aryl methyl sites for hydroxylation is 1. The molecule has 7 nitrogen and oxygen atoms in total. The van der Waals surface area contributed by atoms with E-state index in [2.05, 4.69) is 15.7 Å². The van der Waals surface area contributed by atoms with Gasteiger partial charge in [0, 0.05) is 13.2 Å². The lowest BCUT2D eigenvalue weighted by Gasteiger charge is -2.16. The van der Waals surface area contributed by atoms with Crippen molar-refractivity contribution in [2.24, 2.45) is 13.0 Å². The summed E-state index contributed by atoms with van der Waals surface area (Å²) >= 11 is 0. The summed E-state index contributed by atoms with van der Waals surface area (Å²) in [5.41, 5.74) is 0.839. The van der Waals surface area contributed by atoms with Crippen molar-refractivity contribution in [3.05, 3.63) is 18.0 Å². The van der Waals surface area contributed by atoms with Crippen LogP contribution in [0.2, 0.25) is 0 Å². The van der Waals surface area contributed by atoms with Crippen molar-refractivity contribution in [1.82, 2.24) is 20.4 Å². The van der Waals surface area contributed by atoms with Crippen LogP contribution in [0.15, 0.2) is 12.3 Å². The fourth-order valence-electron chi connectivity index (χ4n) is 1.65. The van der Waals surface area contributed by atoms with E-state index in [-0.39, 0.29) is 5.92 Å². The van der Waals surface area contributed by atoms with Crippen molar-refractivity contribution >= 4 is 12.0 Å². The smallest absolute Gasteiger partial charge is 0.326 e. The second-order valence-corrected chi connectivity index (χ2v) is 4.79. The zero-order valence-electron chi connectivity index (χ0n) is 11.4. The van der Waals surface area contributed by atoms with Gasteiger partial charge in [-0.05, 0) is 18.4 Å². The van der Waals surface area contributed by atoms with Gasteiger partial charge in [0.1, 0.15) is 6.04 Å². The Morgan fingerprint density at radius 3 is 2.63 bits per heavy atom. The highest BCUT2D eigenvalue weighted by Gasteiger charge is 2.20. The lowest BCUT2D eigenvalue weighted by atomic mass is 10.0. The van der Waals surface area contributed by atoms with Gasteiger partial charge in [-0.15, -0.1) is 0 Å². The summed E-state index contributed by atoms with van der Waals surface area (Å²) in [4.78, 5) is 22.6. The van der Waals surface area contributed by atoms with Gasteiger partial charge >= 0.3 is 12.0 Å². The molecule has 1 aromatic heterocycles. The molecule has 3 N–H and O–H groups in total. The van der Waals surface area contributed by atoms with Crippen molar-refractivity contribution < 1.29 is 14.7 Å². The lowest BCUT2D eigenvalue weighted by molar-refractivity contribution is -0.139. The first-order valence-corrected chi connectivity index (χ1v) is 6.14. The van der Waals surface area contributed by atoms with Crippen LogP contribution in [0.5, 0.6) is 0 Å². The summed E-state index contributed by atoms with van der Waals surface area (Å²) in [7, 11) is 1.77. The number of nitrogens with one attached hydrogen (secondary N) is 2. The third-order valence-corrected chi connectivity index (χ3v) is 2.66. The third-order valence-electron chi connectivity index (χ3n) is 2.66. The van der Waals surface area contributed by atoms with Crippen LogP contribution in [0.25, 0.3) is 0 Å². The molecule has 1 heterocycles. The van der Waals surface area contributed by atoms with Crippen LogP contribution in [-0.4, -0.2) is 32.9 Å². The van der Waals surface area contributed by atoms with Crippen LogP contribution in [0.4, 0.5) is 4.79 Å².